The monoisotopic (exact) mass is 233 g/mol. The van der Waals surface area contributed by atoms with Gasteiger partial charge in [0.05, 0.1) is 6.26 Å². The maximum Gasteiger partial charge on any atom is 0.265 e. The zero-order valence-electron chi connectivity index (χ0n) is 7.91. The number of hydrogen-bond acceptors (Lipinski definition) is 5. The average Bonchev–Trinajstić information content (AvgIpc) is 2.15. The fraction of sp³-hybridized carbons (Fsp3) is 0.143. The highest BCUT2D eigenvalue weighted by molar-refractivity contribution is 7.85. The van der Waals surface area contributed by atoms with Crippen molar-refractivity contribution in [3.63, 3.8) is 0 Å². The maximum absolute atomic E-state index is 10.7. The summed E-state index contributed by atoms with van der Waals surface area (Å²) in [5.74, 6) is 4.58. The SMILES string of the molecule is CS(=O)(=O)O.NNC(=O)c1ccncc1. The molecule has 0 fully saturated rings. The molecule has 4 N–H and O–H groups in total. The van der Waals surface area contributed by atoms with Crippen molar-refractivity contribution in [3.8, 4) is 0 Å². The van der Waals surface area contributed by atoms with E-state index in [1.165, 1.54) is 12.4 Å². The first-order valence-corrected chi connectivity index (χ1v) is 5.53. The molecule has 1 heterocycles. The van der Waals surface area contributed by atoms with E-state index in [2.05, 4.69) is 4.98 Å². The predicted octanol–water partition coefficient (Wildman–Crippen LogP) is -0.811. The molecule has 0 saturated carbocycles. The molecule has 8 heteroatoms. The topological polar surface area (TPSA) is 122 Å². The lowest BCUT2D eigenvalue weighted by atomic mass is 10.3. The van der Waals surface area contributed by atoms with Crippen molar-refractivity contribution in [2.75, 3.05) is 6.26 Å². The zero-order chi connectivity index (χ0) is 11.9. The largest absolute Gasteiger partial charge is 0.290 e. The number of carbonyl (C=O) groups is 1. The first kappa shape index (κ1) is 13.5. The van der Waals surface area contributed by atoms with Crippen molar-refractivity contribution in [3.05, 3.63) is 30.1 Å². The number of nitrogen functional groups attached to an aromatic ring is 1. The Kier molecular flexibility index (Phi) is 5.45. The number of amides is 1. The minimum atomic E-state index is -3.67. The van der Waals surface area contributed by atoms with Gasteiger partial charge in [-0.2, -0.15) is 8.42 Å². The summed E-state index contributed by atoms with van der Waals surface area (Å²) in [6, 6.07) is 3.17. The van der Waals surface area contributed by atoms with Crippen LogP contribution in [0.4, 0.5) is 0 Å². The summed E-state index contributed by atoms with van der Waals surface area (Å²) in [6.45, 7) is 0. The minimum Gasteiger partial charge on any atom is -0.290 e. The molecule has 15 heavy (non-hydrogen) atoms. The van der Waals surface area contributed by atoms with Gasteiger partial charge in [0.15, 0.2) is 0 Å². The van der Waals surface area contributed by atoms with E-state index < -0.39 is 10.1 Å². The van der Waals surface area contributed by atoms with Crippen molar-refractivity contribution < 1.29 is 17.8 Å². The summed E-state index contributed by atoms with van der Waals surface area (Å²) in [6.07, 6.45) is 3.78. The zero-order valence-corrected chi connectivity index (χ0v) is 8.73. The van der Waals surface area contributed by atoms with Gasteiger partial charge in [-0.05, 0) is 12.1 Å². The van der Waals surface area contributed by atoms with Crippen LogP contribution in [0.3, 0.4) is 0 Å². The van der Waals surface area contributed by atoms with Gasteiger partial charge < -0.3 is 0 Å². The molecule has 0 aliphatic carbocycles. The van der Waals surface area contributed by atoms with Gasteiger partial charge in [-0.3, -0.25) is 19.8 Å². The van der Waals surface area contributed by atoms with Gasteiger partial charge in [0, 0.05) is 18.0 Å². The highest BCUT2D eigenvalue weighted by Crippen LogP contribution is 1.93. The number of carbonyl (C=O) groups excluding carboxylic acids is 1. The highest BCUT2D eigenvalue weighted by Gasteiger charge is 1.98. The van der Waals surface area contributed by atoms with Crippen LogP contribution in [-0.4, -0.2) is 30.1 Å². The summed E-state index contributed by atoms with van der Waals surface area (Å²) in [5.41, 5.74) is 2.53. The van der Waals surface area contributed by atoms with Gasteiger partial charge >= 0.3 is 0 Å². The van der Waals surface area contributed by atoms with E-state index in [0.717, 1.165) is 0 Å². The molecule has 1 aromatic rings. The third-order valence-corrected chi connectivity index (χ3v) is 1.07. The first-order valence-electron chi connectivity index (χ1n) is 3.68. The van der Waals surface area contributed by atoms with Crippen LogP contribution in [0.25, 0.3) is 0 Å². The van der Waals surface area contributed by atoms with Crippen molar-refractivity contribution in [2.45, 2.75) is 0 Å². The Bertz CT molecular complexity index is 396. The molecule has 7 nitrogen and oxygen atoms in total. The van der Waals surface area contributed by atoms with Gasteiger partial charge in [0.2, 0.25) is 0 Å². The van der Waals surface area contributed by atoms with E-state index in [-0.39, 0.29) is 5.91 Å². The fourth-order valence-electron chi connectivity index (χ4n) is 0.587. The van der Waals surface area contributed by atoms with Gasteiger partial charge in [0.1, 0.15) is 0 Å². The van der Waals surface area contributed by atoms with Crippen LogP contribution >= 0.6 is 0 Å². The van der Waals surface area contributed by atoms with E-state index in [9.17, 15) is 13.2 Å². The molecule has 1 aromatic heterocycles. The Hall–Kier alpha value is -1.51. The second-order valence-electron chi connectivity index (χ2n) is 2.44. The van der Waals surface area contributed by atoms with Gasteiger partial charge in [-0.15, -0.1) is 0 Å². The van der Waals surface area contributed by atoms with Gasteiger partial charge in [-0.1, -0.05) is 0 Å². The number of nitrogens with one attached hydrogen (secondary N) is 1. The molecular formula is C7H11N3O4S. The molecule has 0 atom stereocenters. The molecule has 0 spiro atoms. The van der Waals surface area contributed by atoms with Crippen LogP contribution in [0.5, 0.6) is 0 Å². The lowest BCUT2D eigenvalue weighted by Gasteiger charge is -1.95. The summed E-state index contributed by atoms with van der Waals surface area (Å²) in [7, 11) is -3.67. The van der Waals surface area contributed by atoms with Crippen molar-refractivity contribution in [2.24, 2.45) is 5.84 Å². The number of hydrogen-bond donors (Lipinski definition) is 3. The van der Waals surface area contributed by atoms with E-state index >= 15 is 0 Å². The summed E-state index contributed by atoms with van der Waals surface area (Å²) in [4.78, 5) is 14.5. The third-order valence-electron chi connectivity index (χ3n) is 1.07. The minimum absolute atomic E-state index is 0.303. The predicted molar refractivity (Wildman–Crippen MR) is 53.4 cm³/mol. The summed E-state index contributed by atoms with van der Waals surface area (Å²) < 4.78 is 25.9. The Morgan fingerprint density at radius 1 is 1.47 bits per heavy atom. The van der Waals surface area contributed by atoms with Crippen molar-refractivity contribution >= 4 is 16.0 Å². The Morgan fingerprint density at radius 2 is 1.87 bits per heavy atom. The molecular weight excluding hydrogens is 222 g/mol. The average molecular weight is 233 g/mol. The second kappa shape index (κ2) is 6.06. The normalized spacial score (nSPS) is 9.80. The molecule has 0 aliphatic heterocycles. The van der Waals surface area contributed by atoms with Gasteiger partial charge in [0.25, 0.3) is 16.0 Å². The number of aromatic nitrogens is 1. The summed E-state index contributed by atoms with van der Waals surface area (Å²) in [5, 5.41) is 0. The van der Waals surface area contributed by atoms with Crippen molar-refractivity contribution in [1.29, 1.82) is 0 Å². The molecule has 0 aromatic carbocycles. The number of pyridine rings is 1. The Labute approximate surface area is 87.0 Å². The maximum atomic E-state index is 10.7. The van der Waals surface area contributed by atoms with E-state index in [4.69, 9.17) is 10.4 Å². The van der Waals surface area contributed by atoms with E-state index in [1.807, 2.05) is 5.43 Å². The van der Waals surface area contributed by atoms with Crippen LogP contribution in [0.1, 0.15) is 10.4 Å². The van der Waals surface area contributed by atoms with Crippen molar-refractivity contribution in [1.82, 2.24) is 10.4 Å². The summed E-state index contributed by atoms with van der Waals surface area (Å²) >= 11 is 0. The quantitative estimate of drug-likeness (QED) is 0.252. The lowest BCUT2D eigenvalue weighted by molar-refractivity contribution is 0.0953. The number of rotatable bonds is 1. The first-order chi connectivity index (χ1) is 6.84. The molecule has 0 unspecified atom stereocenters. The molecule has 1 amide bonds. The molecule has 1 rings (SSSR count). The third kappa shape index (κ3) is 8.81. The fourth-order valence-corrected chi connectivity index (χ4v) is 0.587. The highest BCUT2D eigenvalue weighted by atomic mass is 32.2. The smallest absolute Gasteiger partial charge is 0.265 e. The number of nitrogens with two attached hydrogens (primary N) is 1. The van der Waals surface area contributed by atoms with Crippen LogP contribution in [0, 0.1) is 0 Å². The molecule has 84 valence electrons. The van der Waals surface area contributed by atoms with Crippen LogP contribution in [-0.2, 0) is 10.1 Å². The van der Waals surface area contributed by atoms with E-state index in [0.29, 0.717) is 11.8 Å². The standard InChI is InChI=1S/C6H7N3O.CH4O3S/c7-9-6(10)5-1-3-8-4-2-5;1-5(2,3)4/h1-4H,7H2,(H,9,10);1H3,(H,2,3,4). The second-order valence-corrected chi connectivity index (χ2v) is 3.91. The van der Waals surface area contributed by atoms with E-state index in [1.54, 1.807) is 12.1 Å². The molecule has 0 saturated heterocycles. The Balaban J connectivity index is 0.000000336. The number of hydrazine groups is 1. The molecule has 0 radical (unpaired) electrons. The molecule has 0 bridgehead atoms. The van der Waals surface area contributed by atoms with Gasteiger partial charge in [-0.25, -0.2) is 5.84 Å². The van der Waals surface area contributed by atoms with Crippen LogP contribution in [0.2, 0.25) is 0 Å². The van der Waals surface area contributed by atoms with Crippen LogP contribution in [0.15, 0.2) is 24.5 Å². The number of nitrogens with zero attached hydrogens (tertiary/aromatic N) is 1. The molecule has 0 aliphatic rings. The Morgan fingerprint density at radius 3 is 2.20 bits per heavy atom. The lowest BCUT2D eigenvalue weighted by Crippen LogP contribution is -2.29. The van der Waals surface area contributed by atoms with Crippen LogP contribution < -0.4 is 11.3 Å².